The highest BCUT2D eigenvalue weighted by atomic mass is 32.1. The first-order valence-electron chi connectivity index (χ1n) is 10.4. The van der Waals surface area contributed by atoms with Crippen molar-refractivity contribution in [3.63, 3.8) is 0 Å². The molecule has 34 heavy (non-hydrogen) atoms. The van der Waals surface area contributed by atoms with E-state index in [-0.39, 0.29) is 11.5 Å². The summed E-state index contributed by atoms with van der Waals surface area (Å²) in [6.07, 6.45) is -4.51. The predicted molar refractivity (Wildman–Crippen MR) is 125 cm³/mol. The van der Waals surface area contributed by atoms with Crippen LogP contribution in [-0.4, -0.2) is 34.3 Å². The van der Waals surface area contributed by atoms with Crippen molar-refractivity contribution in [3.05, 3.63) is 81.9 Å². The van der Waals surface area contributed by atoms with Crippen LogP contribution in [0.4, 0.5) is 18.9 Å². The van der Waals surface area contributed by atoms with Crippen LogP contribution >= 0.6 is 11.3 Å². The standard InChI is InChI=1S/C24H21F3N4O2S/c1-14-8-9-17(21(32)28-13-24(25,26)27)10-19(14)29-22(33)20-11-18-15(2)30-31(23(18)34-20)12-16-6-4-3-5-7-16/h3-11H,12-13H2,1-2H3,(H,28,32)(H,29,33). The Balaban J connectivity index is 1.54. The molecule has 0 unspecified atom stereocenters. The molecule has 0 aliphatic carbocycles. The minimum atomic E-state index is -4.51. The van der Waals surface area contributed by atoms with Gasteiger partial charge in [-0.05, 0) is 43.2 Å². The number of thiophene rings is 1. The molecular formula is C24H21F3N4O2S. The van der Waals surface area contributed by atoms with Crippen molar-refractivity contribution in [1.29, 1.82) is 0 Å². The number of alkyl halides is 3. The second-order valence-electron chi connectivity index (χ2n) is 7.84. The van der Waals surface area contributed by atoms with Gasteiger partial charge >= 0.3 is 6.18 Å². The Morgan fingerprint density at radius 2 is 1.76 bits per heavy atom. The van der Waals surface area contributed by atoms with E-state index in [0.29, 0.717) is 22.7 Å². The zero-order valence-corrected chi connectivity index (χ0v) is 19.2. The van der Waals surface area contributed by atoms with Gasteiger partial charge in [-0.2, -0.15) is 18.3 Å². The number of aryl methyl sites for hydroxylation is 2. The fourth-order valence-electron chi connectivity index (χ4n) is 3.45. The number of hydrogen-bond donors (Lipinski definition) is 2. The highest BCUT2D eigenvalue weighted by molar-refractivity contribution is 7.20. The number of rotatable bonds is 6. The van der Waals surface area contributed by atoms with E-state index in [9.17, 15) is 22.8 Å². The normalized spacial score (nSPS) is 11.6. The molecule has 0 aliphatic rings. The summed E-state index contributed by atoms with van der Waals surface area (Å²) in [6.45, 7) is 2.76. The Morgan fingerprint density at radius 1 is 1.03 bits per heavy atom. The zero-order valence-electron chi connectivity index (χ0n) is 18.4. The summed E-state index contributed by atoms with van der Waals surface area (Å²) in [5, 5.41) is 10.1. The molecule has 4 aromatic rings. The maximum absolute atomic E-state index is 13.0. The van der Waals surface area contributed by atoms with E-state index in [1.165, 1.54) is 23.5 Å². The Labute approximate surface area is 197 Å². The Morgan fingerprint density at radius 3 is 2.47 bits per heavy atom. The zero-order chi connectivity index (χ0) is 24.5. The van der Waals surface area contributed by atoms with Crippen LogP contribution in [0.3, 0.4) is 0 Å². The molecule has 0 atom stereocenters. The van der Waals surface area contributed by atoms with Gasteiger partial charge in [0.25, 0.3) is 11.8 Å². The summed E-state index contributed by atoms with van der Waals surface area (Å²) in [4.78, 5) is 26.4. The van der Waals surface area contributed by atoms with Crippen molar-refractivity contribution < 1.29 is 22.8 Å². The van der Waals surface area contributed by atoms with E-state index < -0.39 is 18.6 Å². The first-order chi connectivity index (χ1) is 16.1. The lowest BCUT2D eigenvalue weighted by Gasteiger charge is -2.11. The molecule has 4 rings (SSSR count). The summed E-state index contributed by atoms with van der Waals surface area (Å²) in [5.74, 6) is -1.24. The summed E-state index contributed by atoms with van der Waals surface area (Å²) in [5.41, 5.74) is 2.94. The van der Waals surface area contributed by atoms with Crippen molar-refractivity contribution in [2.75, 3.05) is 11.9 Å². The van der Waals surface area contributed by atoms with Gasteiger partial charge in [0.2, 0.25) is 0 Å². The third-order valence-electron chi connectivity index (χ3n) is 5.20. The van der Waals surface area contributed by atoms with Crippen molar-refractivity contribution in [2.24, 2.45) is 0 Å². The Bertz CT molecular complexity index is 1360. The average Bonchev–Trinajstić information content (AvgIpc) is 3.35. The quantitative estimate of drug-likeness (QED) is 0.388. The number of benzene rings is 2. The molecule has 0 aliphatic heterocycles. The summed E-state index contributed by atoms with van der Waals surface area (Å²) < 4.78 is 39.1. The molecule has 0 bridgehead atoms. The predicted octanol–water partition coefficient (Wildman–Crippen LogP) is 5.31. The van der Waals surface area contributed by atoms with Gasteiger partial charge in [-0.15, -0.1) is 11.3 Å². The van der Waals surface area contributed by atoms with Crippen LogP contribution in [0.2, 0.25) is 0 Å². The molecule has 2 N–H and O–H groups in total. The van der Waals surface area contributed by atoms with Gasteiger partial charge in [-0.1, -0.05) is 36.4 Å². The Hall–Kier alpha value is -3.66. The van der Waals surface area contributed by atoms with E-state index in [1.54, 1.807) is 19.1 Å². The topological polar surface area (TPSA) is 76.0 Å². The summed E-state index contributed by atoms with van der Waals surface area (Å²) >= 11 is 1.30. The molecule has 0 saturated heterocycles. The van der Waals surface area contributed by atoms with Gasteiger partial charge in [-0.25, -0.2) is 0 Å². The van der Waals surface area contributed by atoms with E-state index in [4.69, 9.17) is 0 Å². The number of carbonyl (C=O) groups is 2. The SMILES string of the molecule is Cc1ccc(C(=O)NCC(F)(F)F)cc1NC(=O)c1cc2c(C)nn(Cc3ccccc3)c2s1. The van der Waals surface area contributed by atoms with Gasteiger partial charge < -0.3 is 10.6 Å². The molecule has 0 fully saturated rings. The smallest absolute Gasteiger partial charge is 0.343 e. The second-order valence-corrected chi connectivity index (χ2v) is 8.87. The van der Waals surface area contributed by atoms with E-state index in [0.717, 1.165) is 21.5 Å². The molecule has 2 amide bonds. The average molecular weight is 487 g/mol. The summed E-state index contributed by atoms with van der Waals surface area (Å²) in [7, 11) is 0. The number of anilines is 1. The van der Waals surface area contributed by atoms with E-state index >= 15 is 0 Å². The molecule has 0 radical (unpaired) electrons. The molecule has 176 valence electrons. The molecule has 0 spiro atoms. The van der Waals surface area contributed by atoms with Crippen molar-refractivity contribution >= 4 is 39.1 Å². The number of carbonyl (C=O) groups excluding carboxylic acids is 2. The second kappa shape index (κ2) is 9.30. The highest BCUT2D eigenvalue weighted by Crippen LogP contribution is 2.30. The monoisotopic (exact) mass is 486 g/mol. The molecule has 2 aromatic carbocycles. The lowest BCUT2D eigenvalue weighted by atomic mass is 10.1. The number of nitrogens with one attached hydrogen (secondary N) is 2. The highest BCUT2D eigenvalue weighted by Gasteiger charge is 2.28. The van der Waals surface area contributed by atoms with Crippen LogP contribution in [0.15, 0.2) is 54.6 Å². The van der Waals surface area contributed by atoms with Crippen LogP contribution < -0.4 is 10.6 Å². The fraction of sp³-hybridized carbons (Fsp3) is 0.208. The minimum Gasteiger partial charge on any atom is -0.343 e. The van der Waals surface area contributed by atoms with Gasteiger partial charge in [0.1, 0.15) is 11.4 Å². The third-order valence-corrected chi connectivity index (χ3v) is 6.35. The van der Waals surface area contributed by atoms with E-state index in [1.807, 2.05) is 47.3 Å². The summed E-state index contributed by atoms with van der Waals surface area (Å²) in [6, 6.07) is 16.0. The number of hydrogen-bond acceptors (Lipinski definition) is 4. The third kappa shape index (κ3) is 5.28. The number of aromatic nitrogens is 2. The van der Waals surface area contributed by atoms with Gasteiger partial charge in [0, 0.05) is 16.6 Å². The number of amides is 2. The lowest BCUT2D eigenvalue weighted by Crippen LogP contribution is -2.33. The van der Waals surface area contributed by atoms with Crippen LogP contribution in [0.25, 0.3) is 10.2 Å². The van der Waals surface area contributed by atoms with Crippen LogP contribution in [0.5, 0.6) is 0 Å². The van der Waals surface area contributed by atoms with Crippen LogP contribution in [-0.2, 0) is 6.54 Å². The van der Waals surface area contributed by atoms with Crippen LogP contribution in [0, 0.1) is 13.8 Å². The fourth-order valence-corrected chi connectivity index (χ4v) is 4.51. The minimum absolute atomic E-state index is 0.0239. The van der Waals surface area contributed by atoms with Crippen molar-refractivity contribution in [3.8, 4) is 0 Å². The molecule has 10 heteroatoms. The van der Waals surface area contributed by atoms with Gasteiger partial charge in [-0.3, -0.25) is 14.3 Å². The number of fused-ring (bicyclic) bond motifs is 1. The lowest BCUT2D eigenvalue weighted by molar-refractivity contribution is -0.123. The maximum atomic E-state index is 13.0. The maximum Gasteiger partial charge on any atom is 0.405 e. The van der Waals surface area contributed by atoms with Crippen molar-refractivity contribution in [2.45, 2.75) is 26.6 Å². The molecule has 2 heterocycles. The van der Waals surface area contributed by atoms with Gasteiger partial charge in [0.15, 0.2) is 0 Å². The number of halogens is 3. The molecule has 6 nitrogen and oxygen atoms in total. The van der Waals surface area contributed by atoms with E-state index in [2.05, 4.69) is 10.4 Å². The van der Waals surface area contributed by atoms with Crippen LogP contribution in [0.1, 0.15) is 36.9 Å². The molecule has 0 saturated carbocycles. The van der Waals surface area contributed by atoms with Crippen molar-refractivity contribution in [1.82, 2.24) is 15.1 Å². The number of nitrogens with zero attached hydrogens (tertiary/aromatic N) is 2. The first-order valence-corrected chi connectivity index (χ1v) is 11.2. The van der Waals surface area contributed by atoms with Gasteiger partial charge in [0.05, 0.1) is 17.1 Å². The molecule has 2 aromatic heterocycles. The Kier molecular flexibility index (Phi) is 6.43. The first kappa shape index (κ1) is 23.5. The molecular weight excluding hydrogens is 465 g/mol. The largest absolute Gasteiger partial charge is 0.405 e.